The molecule has 4 heteroatoms. The van der Waals surface area contributed by atoms with Gasteiger partial charge in [0.15, 0.2) is 0 Å². The van der Waals surface area contributed by atoms with Crippen LogP contribution in [0.3, 0.4) is 0 Å². The number of pyridine rings is 1. The van der Waals surface area contributed by atoms with Gasteiger partial charge in [0.25, 0.3) is 0 Å². The predicted octanol–water partition coefficient (Wildman–Crippen LogP) is 2.61. The summed E-state index contributed by atoms with van der Waals surface area (Å²) in [6.45, 7) is 9.19. The fourth-order valence-electron chi connectivity index (χ4n) is 1.59. The summed E-state index contributed by atoms with van der Waals surface area (Å²) in [6, 6.07) is 3.84. The molecule has 0 N–H and O–H groups in total. The Morgan fingerprint density at radius 3 is 1.88 bits per heavy atom. The Hall–Kier alpha value is -0.970. The van der Waals surface area contributed by atoms with E-state index in [4.69, 9.17) is 14.2 Å². The minimum atomic E-state index is -1.13. The molecule has 1 heterocycles. The maximum atomic E-state index is 5.65. The smallest absolute Gasteiger partial charge is 0.313 e. The summed E-state index contributed by atoms with van der Waals surface area (Å²) < 4.78 is 17.0. The largest absolute Gasteiger partial charge is 0.324 e. The van der Waals surface area contributed by atoms with Crippen LogP contribution in [0.5, 0.6) is 0 Å². The second-order valence-electron chi connectivity index (χ2n) is 3.54. The first-order valence-electron chi connectivity index (χ1n) is 6.03. The van der Waals surface area contributed by atoms with E-state index in [9.17, 15) is 0 Å². The summed E-state index contributed by atoms with van der Waals surface area (Å²) >= 11 is 0. The molecule has 0 unspecified atom stereocenters. The number of aromatic nitrogens is 1. The Labute approximate surface area is 103 Å². The second kappa shape index (κ2) is 6.69. The normalized spacial score (nSPS) is 11.8. The molecular formula is C13H21NO3. The Morgan fingerprint density at radius 2 is 1.53 bits per heavy atom. The van der Waals surface area contributed by atoms with Crippen LogP contribution in [0.4, 0.5) is 0 Å². The molecule has 1 aromatic rings. The van der Waals surface area contributed by atoms with Crippen molar-refractivity contribution >= 4 is 0 Å². The second-order valence-corrected chi connectivity index (χ2v) is 3.54. The van der Waals surface area contributed by atoms with Crippen molar-refractivity contribution in [3.05, 3.63) is 29.6 Å². The third-order valence-electron chi connectivity index (χ3n) is 2.27. The van der Waals surface area contributed by atoms with Crippen molar-refractivity contribution in [1.82, 2.24) is 4.98 Å². The van der Waals surface area contributed by atoms with Crippen LogP contribution < -0.4 is 0 Å². The van der Waals surface area contributed by atoms with Crippen LogP contribution in [-0.2, 0) is 20.2 Å². The lowest BCUT2D eigenvalue weighted by atomic mass is 10.2. The standard InChI is InChI=1S/C13H21NO3/c1-5-15-13(16-6-2,17-7-3)12-9-8-11(4)14-10-12/h8-10H,5-7H2,1-4H3. The van der Waals surface area contributed by atoms with E-state index in [0.29, 0.717) is 19.8 Å². The van der Waals surface area contributed by atoms with Crippen molar-refractivity contribution in [1.29, 1.82) is 0 Å². The van der Waals surface area contributed by atoms with Gasteiger partial charge in [-0.05, 0) is 39.8 Å². The van der Waals surface area contributed by atoms with E-state index in [0.717, 1.165) is 11.3 Å². The molecule has 0 radical (unpaired) electrons. The third kappa shape index (κ3) is 3.49. The maximum absolute atomic E-state index is 5.65. The predicted molar refractivity (Wildman–Crippen MR) is 65.5 cm³/mol. The van der Waals surface area contributed by atoms with Crippen LogP contribution in [0.2, 0.25) is 0 Å². The van der Waals surface area contributed by atoms with Gasteiger partial charge in [-0.25, -0.2) is 0 Å². The van der Waals surface area contributed by atoms with E-state index < -0.39 is 5.97 Å². The van der Waals surface area contributed by atoms with Crippen molar-refractivity contribution in [2.24, 2.45) is 0 Å². The van der Waals surface area contributed by atoms with Crippen molar-refractivity contribution in [3.8, 4) is 0 Å². The van der Waals surface area contributed by atoms with Crippen molar-refractivity contribution in [3.63, 3.8) is 0 Å². The molecule has 0 spiro atoms. The number of hydrogen-bond acceptors (Lipinski definition) is 4. The zero-order chi connectivity index (χ0) is 12.7. The molecule has 0 aromatic carbocycles. The minimum Gasteiger partial charge on any atom is -0.324 e. The van der Waals surface area contributed by atoms with Gasteiger partial charge < -0.3 is 14.2 Å². The van der Waals surface area contributed by atoms with Gasteiger partial charge in [-0.15, -0.1) is 0 Å². The zero-order valence-electron chi connectivity index (χ0n) is 11.0. The van der Waals surface area contributed by atoms with Gasteiger partial charge in [0.1, 0.15) is 0 Å². The van der Waals surface area contributed by atoms with E-state index in [2.05, 4.69) is 4.98 Å². The highest BCUT2D eigenvalue weighted by molar-refractivity contribution is 5.16. The average Bonchev–Trinajstić information content (AvgIpc) is 2.30. The molecule has 0 fully saturated rings. The quantitative estimate of drug-likeness (QED) is 0.686. The Morgan fingerprint density at radius 1 is 1.00 bits per heavy atom. The average molecular weight is 239 g/mol. The van der Waals surface area contributed by atoms with Crippen molar-refractivity contribution in [2.45, 2.75) is 33.7 Å². The summed E-state index contributed by atoms with van der Waals surface area (Å²) in [4.78, 5) is 4.25. The highest BCUT2D eigenvalue weighted by Crippen LogP contribution is 2.28. The lowest BCUT2D eigenvalue weighted by Gasteiger charge is -2.32. The Bertz CT molecular complexity index is 307. The Kier molecular flexibility index (Phi) is 5.55. The molecule has 1 aromatic heterocycles. The van der Waals surface area contributed by atoms with Gasteiger partial charge in [0.2, 0.25) is 0 Å². The first-order chi connectivity index (χ1) is 8.18. The SMILES string of the molecule is CCOC(OCC)(OCC)c1ccc(C)nc1. The lowest BCUT2D eigenvalue weighted by Crippen LogP contribution is -2.36. The van der Waals surface area contributed by atoms with Crippen molar-refractivity contribution in [2.75, 3.05) is 19.8 Å². The zero-order valence-corrected chi connectivity index (χ0v) is 11.0. The Balaban J connectivity index is 3.04. The van der Waals surface area contributed by atoms with E-state index in [1.54, 1.807) is 6.20 Å². The van der Waals surface area contributed by atoms with E-state index in [1.165, 1.54) is 0 Å². The molecule has 0 aliphatic heterocycles. The molecule has 0 aliphatic rings. The summed E-state index contributed by atoms with van der Waals surface area (Å²) in [5, 5.41) is 0. The molecule has 0 aliphatic carbocycles. The van der Waals surface area contributed by atoms with E-state index in [-0.39, 0.29) is 0 Å². The van der Waals surface area contributed by atoms with Crippen molar-refractivity contribution < 1.29 is 14.2 Å². The molecule has 96 valence electrons. The van der Waals surface area contributed by atoms with E-state index >= 15 is 0 Å². The number of hydrogen-bond donors (Lipinski definition) is 0. The molecule has 0 amide bonds. The highest BCUT2D eigenvalue weighted by Gasteiger charge is 2.35. The molecule has 1 rings (SSSR count). The van der Waals surface area contributed by atoms with Crippen LogP contribution in [-0.4, -0.2) is 24.8 Å². The number of nitrogens with zero attached hydrogens (tertiary/aromatic N) is 1. The van der Waals surface area contributed by atoms with Crippen LogP contribution in [0.25, 0.3) is 0 Å². The lowest BCUT2D eigenvalue weighted by molar-refractivity contribution is -0.389. The van der Waals surface area contributed by atoms with Gasteiger partial charge in [-0.3, -0.25) is 4.98 Å². The molecule has 17 heavy (non-hydrogen) atoms. The first-order valence-corrected chi connectivity index (χ1v) is 6.03. The minimum absolute atomic E-state index is 0.508. The van der Waals surface area contributed by atoms with Gasteiger partial charge in [0, 0.05) is 31.7 Å². The maximum Gasteiger partial charge on any atom is 0.313 e. The monoisotopic (exact) mass is 239 g/mol. The van der Waals surface area contributed by atoms with Gasteiger partial charge >= 0.3 is 5.97 Å². The summed E-state index contributed by atoms with van der Waals surface area (Å²) in [7, 11) is 0. The first kappa shape index (κ1) is 14.1. The van der Waals surface area contributed by atoms with Gasteiger partial charge in [0.05, 0.1) is 5.56 Å². The molecular weight excluding hydrogens is 218 g/mol. The van der Waals surface area contributed by atoms with Crippen LogP contribution in [0, 0.1) is 6.92 Å². The molecule has 0 saturated heterocycles. The molecule has 4 nitrogen and oxygen atoms in total. The van der Waals surface area contributed by atoms with Crippen LogP contribution in [0.15, 0.2) is 18.3 Å². The van der Waals surface area contributed by atoms with Crippen LogP contribution in [0.1, 0.15) is 32.0 Å². The summed E-state index contributed by atoms with van der Waals surface area (Å²) in [6.07, 6.45) is 1.73. The third-order valence-corrected chi connectivity index (χ3v) is 2.27. The highest BCUT2D eigenvalue weighted by atomic mass is 16.9. The van der Waals surface area contributed by atoms with Crippen LogP contribution >= 0.6 is 0 Å². The fraction of sp³-hybridized carbons (Fsp3) is 0.615. The molecule has 0 atom stereocenters. The topological polar surface area (TPSA) is 40.6 Å². The number of ether oxygens (including phenoxy) is 3. The molecule has 0 saturated carbocycles. The van der Waals surface area contributed by atoms with Gasteiger partial charge in [-0.1, -0.05) is 0 Å². The fourth-order valence-corrected chi connectivity index (χ4v) is 1.59. The number of rotatable bonds is 7. The number of aryl methyl sites for hydroxylation is 1. The van der Waals surface area contributed by atoms with Gasteiger partial charge in [-0.2, -0.15) is 0 Å². The summed E-state index contributed by atoms with van der Waals surface area (Å²) in [5.74, 6) is -1.13. The summed E-state index contributed by atoms with van der Waals surface area (Å²) in [5.41, 5.74) is 1.74. The van der Waals surface area contributed by atoms with E-state index in [1.807, 2.05) is 39.8 Å². The molecule has 0 bridgehead atoms.